The smallest absolute Gasteiger partial charge is 0.357 e. The van der Waals surface area contributed by atoms with Gasteiger partial charge in [0.1, 0.15) is 23.3 Å². The van der Waals surface area contributed by atoms with Crippen LogP contribution in [-0.4, -0.2) is 46.9 Å². The number of alkyl halides is 3. The molecule has 136 valence electrons. The number of hydrogen-bond donors (Lipinski definition) is 1. The van der Waals surface area contributed by atoms with E-state index in [2.05, 4.69) is 20.3 Å². The topological polar surface area (TPSA) is 63.2 Å². The van der Waals surface area contributed by atoms with Crippen molar-refractivity contribution in [1.82, 2.24) is 20.3 Å². The van der Waals surface area contributed by atoms with Gasteiger partial charge in [0, 0.05) is 43.7 Å². The molecule has 3 rings (SSSR count). The molecule has 1 saturated heterocycles. The molecule has 3 heterocycles. The molecule has 1 N–H and O–H groups in total. The Morgan fingerprint density at radius 3 is 2.72 bits per heavy atom. The van der Waals surface area contributed by atoms with Crippen molar-refractivity contribution in [2.24, 2.45) is 0 Å². The van der Waals surface area contributed by atoms with Crippen molar-refractivity contribution in [3.05, 3.63) is 23.7 Å². The second-order valence-corrected chi connectivity index (χ2v) is 6.56. The molecule has 1 aliphatic heterocycles. The van der Waals surface area contributed by atoms with Gasteiger partial charge in [-0.25, -0.2) is 15.0 Å². The second-order valence-electron chi connectivity index (χ2n) is 5.58. The van der Waals surface area contributed by atoms with Gasteiger partial charge in [-0.3, -0.25) is 0 Å². The molecule has 2 aromatic heterocycles. The summed E-state index contributed by atoms with van der Waals surface area (Å²) in [4.78, 5) is 13.5. The van der Waals surface area contributed by atoms with Crippen LogP contribution in [0, 0.1) is 0 Å². The summed E-state index contributed by atoms with van der Waals surface area (Å²) in [5.41, 5.74) is 0.683. The summed E-state index contributed by atoms with van der Waals surface area (Å²) >= 11 is 0.626. The molecule has 0 bridgehead atoms. The number of halogens is 3. The maximum Gasteiger partial charge on any atom is 0.443 e. The molecule has 25 heavy (non-hydrogen) atoms. The highest BCUT2D eigenvalue weighted by atomic mass is 32.1. The van der Waals surface area contributed by atoms with E-state index in [0.717, 1.165) is 0 Å². The van der Waals surface area contributed by atoms with Crippen LogP contribution in [0.5, 0.6) is 0 Å². The third kappa shape index (κ3) is 3.75. The molecule has 1 unspecified atom stereocenters. The minimum Gasteiger partial charge on any atom is -0.357 e. The Labute approximate surface area is 147 Å². The largest absolute Gasteiger partial charge is 0.443 e. The van der Waals surface area contributed by atoms with Crippen molar-refractivity contribution in [2.45, 2.75) is 32.3 Å². The Hall–Kier alpha value is -1.78. The zero-order valence-corrected chi connectivity index (χ0v) is 14.6. The fourth-order valence-corrected chi connectivity index (χ4v) is 3.78. The van der Waals surface area contributed by atoms with Gasteiger partial charge in [0.15, 0.2) is 0 Å². The average Bonchev–Trinajstić information content (AvgIpc) is 3.03. The molecule has 6 nitrogen and oxygen atoms in total. The van der Waals surface area contributed by atoms with Crippen molar-refractivity contribution in [2.75, 3.05) is 24.6 Å². The van der Waals surface area contributed by atoms with Gasteiger partial charge >= 0.3 is 6.18 Å². The van der Waals surface area contributed by atoms with Crippen LogP contribution in [-0.2, 0) is 10.9 Å². The molecule has 2 atom stereocenters. The molecular weight excluding hydrogens is 355 g/mol. The fraction of sp³-hybridized carbons (Fsp3) is 0.533. The van der Waals surface area contributed by atoms with Gasteiger partial charge in [-0.1, -0.05) is 11.3 Å². The van der Waals surface area contributed by atoms with E-state index in [9.17, 15) is 13.2 Å². The average molecular weight is 373 g/mol. The van der Waals surface area contributed by atoms with Crippen LogP contribution < -0.4 is 10.2 Å². The minimum absolute atomic E-state index is 0.0231. The number of nitrogens with one attached hydrogen (secondary N) is 1. The summed E-state index contributed by atoms with van der Waals surface area (Å²) in [5.74, 6) is 0. The Morgan fingerprint density at radius 1 is 1.36 bits per heavy atom. The Kier molecular flexibility index (Phi) is 5.21. The van der Waals surface area contributed by atoms with Crippen LogP contribution in [0.4, 0.5) is 18.2 Å². The van der Waals surface area contributed by atoms with E-state index in [0.29, 0.717) is 41.6 Å². The predicted molar refractivity (Wildman–Crippen MR) is 88.4 cm³/mol. The number of nitrogens with zero attached hydrogens (tertiary/aromatic N) is 4. The van der Waals surface area contributed by atoms with Gasteiger partial charge < -0.3 is 15.0 Å². The number of anilines is 1. The summed E-state index contributed by atoms with van der Waals surface area (Å²) in [6, 6.07) is -0.0231. The van der Waals surface area contributed by atoms with Gasteiger partial charge in [-0.2, -0.15) is 13.2 Å². The third-order valence-electron chi connectivity index (χ3n) is 3.84. The Bertz CT molecular complexity index is 709. The molecular formula is C15H18F3N5OS. The zero-order chi connectivity index (χ0) is 18.0. The van der Waals surface area contributed by atoms with E-state index in [-0.39, 0.29) is 18.0 Å². The molecule has 10 heteroatoms. The first kappa shape index (κ1) is 18.0. The van der Waals surface area contributed by atoms with Gasteiger partial charge in [0.25, 0.3) is 0 Å². The van der Waals surface area contributed by atoms with Crippen LogP contribution in [0.1, 0.15) is 18.9 Å². The normalized spacial score (nSPS) is 21.6. The Morgan fingerprint density at radius 2 is 2.08 bits per heavy atom. The number of piperazine rings is 1. The molecule has 0 spiro atoms. The molecule has 1 fully saturated rings. The highest BCUT2D eigenvalue weighted by Crippen LogP contribution is 2.43. The van der Waals surface area contributed by atoms with Crippen molar-refractivity contribution in [3.8, 4) is 11.3 Å². The van der Waals surface area contributed by atoms with E-state index < -0.39 is 11.2 Å². The van der Waals surface area contributed by atoms with Crippen LogP contribution in [0.25, 0.3) is 11.3 Å². The van der Waals surface area contributed by atoms with E-state index in [1.54, 1.807) is 0 Å². The van der Waals surface area contributed by atoms with Crippen molar-refractivity contribution in [1.29, 1.82) is 0 Å². The van der Waals surface area contributed by atoms with Crippen molar-refractivity contribution < 1.29 is 17.9 Å². The molecule has 0 radical (unpaired) electrons. The molecule has 0 saturated carbocycles. The summed E-state index contributed by atoms with van der Waals surface area (Å²) in [5, 5.41) is 2.82. The monoisotopic (exact) mass is 373 g/mol. The maximum atomic E-state index is 13.2. The lowest BCUT2D eigenvalue weighted by atomic mass is 10.2. The molecule has 1 aliphatic rings. The van der Waals surface area contributed by atoms with Gasteiger partial charge in [-0.05, 0) is 13.8 Å². The first-order chi connectivity index (χ1) is 11.9. The quantitative estimate of drug-likeness (QED) is 0.889. The lowest BCUT2D eigenvalue weighted by Crippen LogP contribution is -2.58. The summed E-state index contributed by atoms with van der Waals surface area (Å²) < 4.78 is 45.5. The van der Waals surface area contributed by atoms with E-state index in [4.69, 9.17) is 4.74 Å². The number of thiazole rings is 1. The highest BCUT2D eigenvalue weighted by Gasteiger charge is 2.39. The number of rotatable bonds is 4. The standard InChI is InChI=1S/C15H18F3N5OS/c1-3-24-12-9(2)21-4-5-23(12)13-11(10-6-19-8-20-7-10)22-14(25-13)15(16,17)18/h6-9,12,21H,3-5H2,1-2H3/t9-,12?/m1/s1. The van der Waals surface area contributed by atoms with Crippen LogP contribution in [0.3, 0.4) is 0 Å². The van der Waals surface area contributed by atoms with E-state index in [1.807, 2.05) is 18.7 Å². The number of aromatic nitrogens is 3. The lowest BCUT2D eigenvalue weighted by molar-refractivity contribution is -0.137. The maximum absolute atomic E-state index is 13.2. The molecule has 2 aromatic rings. The minimum atomic E-state index is -4.51. The highest BCUT2D eigenvalue weighted by molar-refractivity contribution is 7.16. The first-order valence-electron chi connectivity index (χ1n) is 7.86. The molecule has 0 amide bonds. The van der Waals surface area contributed by atoms with E-state index >= 15 is 0 Å². The van der Waals surface area contributed by atoms with Crippen LogP contribution in [0.2, 0.25) is 0 Å². The number of ether oxygens (including phenoxy) is 1. The summed E-state index contributed by atoms with van der Waals surface area (Å²) in [7, 11) is 0. The Balaban J connectivity index is 2.08. The van der Waals surface area contributed by atoms with Gasteiger partial charge in [0.2, 0.25) is 5.01 Å². The van der Waals surface area contributed by atoms with Crippen LogP contribution >= 0.6 is 11.3 Å². The third-order valence-corrected chi connectivity index (χ3v) is 4.98. The fourth-order valence-electron chi connectivity index (χ4n) is 2.77. The van der Waals surface area contributed by atoms with Gasteiger partial charge in [0.05, 0.1) is 0 Å². The van der Waals surface area contributed by atoms with Gasteiger partial charge in [-0.15, -0.1) is 0 Å². The van der Waals surface area contributed by atoms with Crippen LogP contribution in [0.15, 0.2) is 18.7 Å². The molecule has 0 aliphatic carbocycles. The SMILES string of the molecule is CCOC1[C@@H](C)NCCN1c1sc(C(F)(F)F)nc1-c1cncnc1. The second kappa shape index (κ2) is 7.22. The van der Waals surface area contributed by atoms with Crippen molar-refractivity contribution in [3.63, 3.8) is 0 Å². The zero-order valence-electron chi connectivity index (χ0n) is 13.7. The first-order valence-corrected chi connectivity index (χ1v) is 8.68. The predicted octanol–water partition coefficient (Wildman–Crippen LogP) is 2.78. The van der Waals surface area contributed by atoms with Crippen molar-refractivity contribution >= 4 is 16.3 Å². The van der Waals surface area contributed by atoms with E-state index in [1.165, 1.54) is 18.7 Å². The number of hydrogen-bond acceptors (Lipinski definition) is 7. The summed E-state index contributed by atoms with van der Waals surface area (Å²) in [6.07, 6.45) is -0.617. The summed E-state index contributed by atoms with van der Waals surface area (Å²) in [6.45, 7) is 5.44. The lowest BCUT2D eigenvalue weighted by Gasteiger charge is -2.40. The molecule has 0 aromatic carbocycles.